The van der Waals surface area contributed by atoms with Crippen molar-refractivity contribution in [2.75, 3.05) is 23.8 Å². The number of nitrogen functional groups attached to an aromatic ring is 1. The average molecular weight is 324 g/mol. The number of esters is 1. The van der Waals surface area contributed by atoms with E-state index in [1.165, 1.54) is 0 Å². The molecule has 0 atom stereocenters. The van der Waals surface area contributed by atoms with E-state index in [-0.39, 0.29) is 12.5 Å². The Bertz CT molecular complexity index is 786. The van der Waals surface area contributed by atoms with Gasteiger partial charge in [-0.3, -0.25) is 4.79 Å². The molecule has 24 heavy (non-hydrogen) atoms. The Morgan fingerprint density at radius 1 is 1.17 bits per heavy atom. The lowest BCUT2D eigenvalue weighted by Crippen LogP contribution is -2.38. The summed E-state index contributed by atoms with van der Waals surface area (Å²) in [6, 6.07) is 13.0. The minimum Gasteiger partial charge on any atom is -0.452 e. The molecular weight excluding hydrogens is 304 g/mol. The molecule has 0 aliphatic carbocycles. The Hall–Kier alpha value is -2.82. The summed E-state index contributed by atoms with van der Waals surface area (Å²) >= 11 is 0. The van der Waals surface area contributed by atoms with Crippen LogP contribution < -0.4 is 10.6 Å². The lowest BCUT2D eigenvalue weighted by Gasteiger charge is -2.29. The number of carbonyl (C=O) groups excluding carboxylic acids is 2. The first-order valence-corrected chi connectivity index (χ1v) is 7.98. The van der Waals surface area contributed by atoms with Crippen LogP contribution in [0.1, 0.15) is 27.9 Å². The Morgan fingerprint density at radius 3 is 2.79 bits per heavy atom. The van der Waals surface area contributed by atoms with E-state index in [0.717, 1.165) is 29.7 Å². The van der Waals surface area contributed by atoms with Gasteiger partial charge in [-0.15, -0.1) is 0 Å². The SMILES string of the molecule is Cc1cccc(C(=O)OCC(=O)N2CCCc3ccccc32)c1N. The predicted octanol–water partition coefficient (Wildman–Crippen LogP) is 2.71. The summed E-state index contributed by atoms with van der Waals surface area (Å²) in [4.78, 5) is 26.3. The number of para-hydroxylation sites is 2. The van der Waals surface area contributed by atoms with Crippen molar-refractivity contribution in [1.82, 2.24) is 0 Å². The number of rotatable bonds is 3. The average Bonchev–Trinajstić information content (AvgIpc) is 2.61. The van der Waals surface area contributed by atoms with E-state index in [1.54, 1.807) is 17.0 Å². The molecule has 0 unspecified atom stereocenters. The van der Waals surface area contributed by atoms with E-state index in [2.05, 4.69) is 0 Å². The fourth-order valence-corrected chi connectivity index (χ4v) is 2.93. The first-order valence-electron chi connectivity index (χ1n) is 7.98. The van der Waals surface area contributed by atoms with E-state index in [9.17, 15) is 9.59 Å². The molecule has 0 bridgehead atoms. The smallest absolute Gasteiger partial charge is 0.340 e. The summed E-state index contributed by atoms with van der Waals surface area (Å²) in [7, 11) is 0. The van der Waals surface area contributed by atoms with Gasteiger partial charge in [0, 0.05) is 17.9 Å². The summed E-state index contributed by atoms with van der Waals surface area (Å²) in [5.41, 5.74) is 9.43. The third-order valence-corrected chi connectivity index (χ3v) is 4.28. The quantitative estimate of drug-likeness (QED) is 0.696. The molecule has 5 nitrogen and oxygen atoms in total. The number of hydrogen-bond acceptors (Lipinski definition) is 4. The number of benzene rings is 2. The van der Waals surface area contributed by atoms with Gasteiger partial charge in [0.05, 0.1) is 5.56 Å². The number of nitrogens with two attached hydrogens (primary N) is 1. The maximum Gasteiger partial charge on any atom is 0.340 e. The fourth-order valence-electron chi connectivity index (χ4n) is 2.93. The number of carbonyl (C=O) groups is 2. The highest BCUT2D eigenvalue weighted by Gasteiger charge is 2.23. The molecule has 2 aromatic carbocycles. The van der Waals surface area contributed by atoms with Gasteiger partial charge in [0.15, 0.2) is 6.61 Å². The lowest BCUT2D eigenvalue weighted by molar-refractivity contribution is -0.121. The summed E-state index contributed by atoms with van der Waals surface area (Å²) in [5, 5.41) is 0. The van der Waals surface area contributed by atoms with Crippen molar-refractivity contribution in [3.63, 3.8) is 0 Å². The van der Waals surface area contributed by atoms with Gasteiger partial charge in [-0.05, 0) is 43.0 Å². The van der Waals surface area contributed by atoms with E-state index in [0.29, 0.717) is 17.8 Å². The molecule has 0 radical (unpaired) electrons. The zero-order valence-electron chi connectivity index (χ0n) is 13.6. The third kappa shape index (κ3) is 3.11. The number of nitrogens with zero attached hydrogens (tertiary/aromatic N) is 1. The van der Waals surface area contributed by atoms with Crippen LogP contribution in [0.5, 0.6) is 0 Å². The number of ether oxygens (including phenoxy) is 1. The van der Waals surface area contributed by atoms with Crippen molar-refractivity contribution in [3.8, 4) is 0 Å². The van der Waals surface area contributed by atoms with Crippen LogP contribution in [0.25, 0.3) is 0 Å². The molecule has 0 fully saturated rings. The molecule has 5 heteroatoms. The zero-order valence-corrected chi connectivity index (χ0v) is 13.6. The van der Waals surface area contributed by atoms with Crippen molar-refractivity contribution in [2.45, 2.75) is 19.8 Å². The second kappa shape index (κ2) is 6.74. The second-order valence-electron chi connectivity index (χ2n) is 5.89. The molecule has 0 aromatic heterocycles. The van der Waals surface area contributed by atoms with Crippen LogP contribution in [-0.2, 0) is 16.0 Å². The molecule has 1 heterocycles. The van der Waals surface area contributed by atoms with E-state index in [1.807, 2.05) is 37.3 Å². The Morgan fingerprint density at radius 2 is 1.96 bits per heavy atom. The van der Waals surface area contributed by atoms with Gasteiger partial charge in [0.2, 0.25) is 0 Å². The Balaban J connectivity index is 1.68. The number of anilines is 2. The summed E-state index contributed by atoms with van der Waals surface area (Å²) < 4.78 is 5.18. The number of hydrogen-bond donors (Lipinski definition) is 1. The van der Waals surface area contributed by atoms with Gasteiger partial charge in [-0.25, -0.2) is 4.79 Å². The van der Waals surface area contributed by atoms with Gasteiger partial charge in [-0.1, -0.05) is 30.3 Å². The van der Waals surface area contributed by atoms with E-state index in [4.69, 9.17) is 10.5 Å². The minimum absolute atomic E-state index is 0.221. The van der Waals surface area contributed by atoms with Gasteiger partial charge in [0.25, 0.3) is 5.91 Å². The van der Waals surface area contributed by atoms with Crippen LogP contribution in [0.3, 0.4) is 0 Å². The van der Waals surface area contributed by atoms with E-state index < -0.39 is 5.97 Å². The van der Waals surface area contributed by atoms with Crippen molar-refractivity contribution in [2.24, 2.45) is 0 Å². The van der Waals surface area contributed by atoms with Crippen molar-refractivity contribution in [1.29, 1.82) is 0 Å². The fraction of sp³-hybridized carbons (Fsp3) is 0.263. The summed E-state index contributed by atoms with van der Waals surface area (Å²) in [5.74, 6) is -0.795. The standard InChI is InChI=1S/C19H20N2O3/c1-13-6-4-9-15(18(13)20)19(23)24-12-17(22)21-11-5-8-14-7-2-3-10-16(14)21/h2-4,6-7,9-10H,5,8,11-12,20H2,1H3. The molecule has 1 aliphatic rings. The van der Waals surface area contributed by atoms with Crippen LogP contribution in [0, 0.1) is 6.92 Å². The monoisotopic (exact) mass is 324 g/mol. The minimum atomic E-state index is -0.574. The molecule has 124 valence electrons. The number of fused-ring (bicyclic) bond motifs is 1. The van der Waals surface area contributed by atoms with Crippen LogP contribution in [0.2, 0.25) is 0 Å². The molecule has 3 rings (SSSR count). The van der Waals surface area contributed by atoms with E-state index >= 15 is 0 Å². The van der Waals surface area contributed by atoms with Crippen LogP contribution in [0.4, 0.5) is 11.4 Å². The predicted molar refractivity (Wildman–Crippen MR) is 93.0 cm³/mol. The third-order valence-electron chi connectivity index (χ3n) is 4.28. The molecule has 0 saturated carbocycles. The van der Waals surface area contributed by atoms with Crippen LogP contribution in [-0.4, -0.2) is 25.0 Å². The summed E-state index contributed by atoms with van der Waals surface area (Å²) in [6.07, 6.45) is 1.86. The molecule has 0 spiro atoms. The van der Waals surface area contributed by atoms with Crippen LogP contribution in [0.15, 0.2) is 42.5 Å². The molecule has 0 saturated heterocycles. The zero-order chi connectivity index (χ0) is 17.1. The molecular formula is C19H20N2O3. The van der Waals surface area contributed by atoms with Gasteiger partial charge in [0.1, 0.15) is 0 Å². The van der Waals surface area contributed by atoms with Crippen LogP contribution >= 0.6 is 0 Å². The first-order chi connectivity index (χ1) is 11.6. The normalized spacial score (nSPS) is 13.3. The topological polar surface area (TPSA) is 72.6 Å². The van der Waals surface area contributed by atoms with Gasteiger partial charge in [-0.2, -0.15) is 0 Å². The first kappa shape index (κ1) is 16.1. The molecule has 2 aromatic rings. The largest absolute Gasteiger partial charge is 0.452 e. The van der Waals surface area contributed by atoms with Crippen molar-refractivity contribution < 1.29 is 14.3 Å². The Labute approximate surface area is 141 Å². The van der Waals surface area contributed by atoms with Crippen molar-refractivity contribution in [3.05, 3.63) is 59.2 Å². The Kier molecular flexibility index (Phi) is 4.51. The van der Waals surface area contributed by atoms with Crippen molar-refractivity contribution >= 4 is 23.3 Å². The van der Waals surface area contributed by atoms with Gasteiger partial charge >= 0.3 is 5.97 Å². The maximum atomic E-state index is 12.5. The lowest BCUT2D eigenvalue weighted by atomic mass is 10.0. The molecule has 2 N–H and O–H groups in total. The number of amides is 1. The number of aryl methyl sites for hydroxylation is 2. The highest BCUT2D eigenvalue weighted by atomic mass is 16.5. The molecule has 1 amide bonds. The molecule has 1 aliphatic heterocycles. The highest BCUT2D eigenvalue weighted by Crippen LogP contribution is 2.26. The second-order valence-corrected chi connectivity index (χ2v) is 5.89. The van der Waals surface area contributed by atoms with Gasteiger partial charge < -0.3 is 15.4 Å². The highest BCUT2D eigenvalue weighted by molar-refractivity contribution is 5.99. The maximum absolute atomic E-state index is 12.5. The summed E-state index contributed by atoms with van der Waals surface area (Å²) in [6.45, 7) is 2.17.